The fourth-order valence-corrected chi connectivity index (χ4v) is 4.72. The monoisotopic (exact) mass is 209 g/mol. The minimum atomic E-state index is -0.516. The van der Waals surface area contributed by atoms with Crippen LogP contribution in [0.4, 0.5) is 0 Å². The molecule has 4 fully saturated rings. The standard InChI is InChI=1S/C12H19NO2/c1-10-4-11(2)6-13(5-10)7-12(3,8(10)14)9(11)15/h8,14H,4-7H2,1-3H3/t8-,10?,11?,12?/m1/s1. The number of hydrogen-bond acceptors (Lipinski definition) is 3. The number of Topliss-reactive ketones (excluding diaryl/α,β-unsaturated/α-hetero) is 1. The first-order valence-corrected chi connectivity index (χ1v) is 5.76. The van der Waals surface area contributed by atoms with Gasteiger partial charge >= 0.3 is 0 Å². The lowest BCUT2D eigenvalue weighted by Gasteiger charge is -2.66. The second-order valence-corrected chi connectivity index (χ2v) is 6.69. The number of aliphatic hydroxyl groups excluding tert-OH is 1. The molecule has 0 spiro atoms. The zero-order chi connectivity index (χ0) is 11.1. The van der Waals surface area contributed by atoms with E-state index in [4.69, 9.17) is 0 Å². The molecule has 84 valence electrons. The van der Waals surface area contributed by atoms with Crippen molar-refractivity contribution in [2.75, 3.05) is 19.6 Å². The third-order valence-corrected chi connectivity index (χ3v) is 4.83. The summed E-state index contributed by atoms with van der Waals surface area (Å²) < 4.78 is 0. The smallest absolute Gasteiger partial charge is 0.149 e. The Morgan fingerprint density at radius 1 is 1.27 bits per heavy atom. The molecule has 1 aliphatic carbocycles. The molecule has 15 heavy (non-hydrogen) atoms. The van der Waals surface area contributed by atoms with Crippen LogP contribution in [0.25, 0.3) is 0 Å². The summed E-state index contributed by atoms with van der Waals surface area (Å²) in [6.45, 7) is 8.74. The first-order valence-electron chi connectivity index (χ1n) is 5.76. The van der Waals surface area contributed by atoms with Gasteiger partial charge in [-0.15, -0.1) is 0 Å². The maximum atomic E-state index is 12.4. The number of ketones is 1. The van der Waals surface area contributed by atoms with Crippen molar-refractivity contribution in [3.63, 3.8) is 0 Å². The zero-order valence-corrected chi connectivity index (χ0v) is 9.71. The van der Waals surface area contributed by atoms with Gasteiger partial charge in [-0.2, -0.15) is 0 Å². The molecule has 3 heteroatoms. The van der Waals surface area contributed by atoms with E-state index >= 15 is 0 Å². The van der Waals surface area contributed by atoms with Crippen LogP contribution in [0.2, 0.25) is 0 Å². The molecule has 0 aromatic rings. The third kappa shape index (κ3) is 0.918. The number of carbonyl (C=O) groups excluding carboxylic acids is 1. The fourth-order valence-electron chi connectivity index (χ4n) is 4.72. The maximum absolute atomic E-state index is 12.4. The molecule has 0 aromatic carbocycles. The Morgan fingerprint density at radius 3 is 2.60 bits per heavy atom. The van der Waals surface area contributed by atoms with Gasteiger partial charge in [-0.05, 0) is 13.3 Å². The SMILES string of the molecule is CC12CN3CC(C)(C1)[C@@H](O)C(C)(C3)C2=O. The van der Waals surface area contributed by atoms with E-state index in [9.17, 15) is 9.90 Å². The predicted molar refractivity (Wildman–Crippen MR) is 56.4 cm³/mol. The van der Waals surface area contributed by atoms with Gasteiger partial charge in [0.25, 0.3) is 0 Å². The van der Waals surface area contributed by atoms with Gasteiger partial charge in [0.05, 0.1) is 11.5 Å². The Balaban J connectivity index is 2.16. The molecule has 3 aliphatic heterocycles. The van der Waals surface area contributed by atoms with E-state index in [0.29, 0.717) is 0 Å². The molecule has 4 aliphatic rings. The molecule has 3 heterocycles. The highest BCUT2D eigenvalue weighted by molar-refractivity contribution is 5.93. The zero-order valence-electron chi connectivity index (χ0n) is 9.71. The summed E-state index contributed by atoms with van der Waals surface area (Å²) in [4.78, 5) is 14.7. The van der Waals surface area contributed by atoms with Gasteiger partial charge in [0.2, 0.25) is 0 Å². The van der Waals surface area contributed by atoms with Crippen LogP contribution in [-0.2, 0) is 4.79 Å². The summed E-state index contributed by atoms with van der Waals surface area (Å²) in [5.74, 6) is 0.288. The van der Waals surface area contributed by atoms with E-state index < -0.39 is 11.5 Å². The minimum Gasteiger partial charge on any atom is -0.391 e. The number of piperidine rings is 3. The lowest BCUT2D eigenvalue weighted by atomic mass is 9.47. The van der Waals surface area contributed by atoms with Crippen LogP contribution in [-0.4, -0.2) is 41.5 Å². The highest BCUT2D eigenvalue weighted by atomic mass is 16.3. The van der Waals surface area contributed by atoms with Crippen molar-refractivity contribution in [2.24, 2.45) is 16.2 Å². The van der Waals surface area contributed by atoms with Gasteiger partial charge in [0.15, 0.2) is 0 Å². The number of rotatable bonds is 0. The quantitative estimate of drug-likeness (QED) is 0.637. The lowest BCUT2D eigenvalue weighted by Crippen LogP contribution is -2.76. The average molecular weight is 209 g/mol. The second kappa shape index (κ2) is 2.30. The molecule has 3 saturated heterocycles. The number of nitrogens with zero attached hydrogens (tertiary/aromatic N) is 1. The number of hydrogen-bond donors (Lipinski definition) is 1. The molecule has 1 N–H and O–H groups in total. The Bertz CT molecular complexity index is 356. The predicted octanol–water partition coefficient (Wildman–Crippen LogP) is 0.668. The van der Waals surface area contributed by atoms with Crippen LogP contribution in [0.3, 0.4) is 0 Å². The van der Waals surface area contributed by atoms with Gasteiger partial charge in [-0.25, -0.2) is 0 Å². The van der Waals surface area contributed by atoms with Gasteiger partial charge in [0, 0.05) is 30.5 Å². The highest BCUT2D eigenvalue weighted by Crippen LogP contribution is 2.59. The fraction of sp³-hybridized carbons (Fsp3) is 0.917. The third-order valence-electron chi connectivity index (χ3n) is 4.83. The highest BCUT2D eigenvalue weighted by Gasteiger charge is 2.68. The van der Waals surface area contributed by atoms with Crippen LogP contribution in [0.5, 0.6) is 0 Å². The molecule has 4 rings (SSSR count). The molecule has 1 saturated carbocycles. The average Bonchev–Trinajstić information content (AvgIpc) is 2.10. The largest absolute Gasteiger partial charge is 0.391 e. The van der Waals surface area contributed by atoms with E-state index in [1.807, 2.05) is 6.92 Å². The topological polar surface area (TPSA) is 40.5 Å². The van der Waals surface area contributed by atoms with Crippen molar-refractivity contribution in [1.82, 2.24) is 4.90 Å². The first-order chi connectivity index (χ1) is 6.80. The van der Waals surface area contributed by atoms with Crippen molar-refractivity contribution in [2.45, 2.75) is 33.3 Å². The Kier molecular flexibility index (Phi) is 1.50. The maximum Gasteiger partial charge on any atom is 0.149 e. The van der Waals surface area contributed by atoms with E-state index in [2.05, 4.69) is 18.7 Å². The first kappa shape index (κ1) is 9.79. The van der Waals surface area contributed by atoms with Crippen molar-refractivity contribution in [3.8, 4) is 0 Å². The summed E-state index contributed by atoms with van der Waals surface area (Å²) in [6.07, 6.45) is 0.397. The molecule has 4 unspecified atom stereocenters. The normalized spacial score (nSPS) is 62.5. The molecule has 0 aromatic heterocycles. The molecule has 5 atom stereocenters. The van der Waals surface area contributed by atoms with E-state index in [1.54, 1.807) is 0 Å². The van der Waals surface area contributed by atoms with Crippen LogP contribution in [0.1, 0.15) is 27.2 Å². The molecule has 4 bridgehead atoms. The minimum absolute atomic E-state index is 0.0755. The van der Waals surface area contributed by atoms with E-state index in [1.165, 1.54) is 0 Å². The summed E-state index contributed by atoms with van der Waals surface area (Å²) in [5, 5.41) is 10.4. The van der Waals surface area contributed by atoms with Crippen molar-refractivity contribution in [3.05, 3.63) is 0 Å². The number of aliphatic hydroxyl groups is 1. The number of carbonyl (C=O) groups is 1. The lowest BCUT2D eigenvalue weighted by molar-refractivity contribution is -0.218. The Labute approximate surface area is 90.5 Å². The summed E-state index contributed by atoms with van der Waals surface area (Å²) in [6, 6.07) is 0. The molecular weight excluding hydrogens is 190 g/mol. The van der Waals surface area contributed by atoms with E-state index in [-0.39, 0.29) is 16.6 Å². The summed E-state index contributed by atoms with van der Waals surface area (Å²) >= 11 is 0. The van der Waals surface area contributed by atoms with Gasteiger partial charge in [0.1, 0.15) is 5.78 Å². The van der Waals surface area contributed by atoms with Gasteiger partial charge in [-0.1, -0.05) is 13.8 Å². The van der Waals surface area contributed by atoms with Crippen molar-refractivity contribution >= 4 is 5.78 Å². The Morgan fingerprint density at radius 2 is 1.93 bits per heavy atom. The summed E-state index contributed by atoms with van der Waals surface area (Å²) in [7, 11) is 0. The van der Waals surface area contributed by atoms with Crippen LogP contribution in [0.15, 0.2) is 0 Å². The van der Waals surface area contributed by atoms with Gasteiger partial charge < -0.3 is 10.0 Å². The van der Waals surface area contributed by atoms with E-state index in [0.717, 1.165) is 26.1 Å². The summed E-state index contributed by atoms with van der Waals surface area (Å²) in [5.41, 5.74) is -0.800. The van der Waals surface area contributed by atoms with Crippen LogP contribution < -0.4 is 0 Å². The molecular formula is C12H19NO2. The molecule has 0 amide bonds. The van der Waals surface area contributed by atoms with Crippen LogP contribution in [0, 0.1) is 16.2 Å². The van der Waals surface area contributed by atoms with Crippen molar-refractivity contribution < 1.29 is 9.90 Å². The van der Waals surface area contributed by atoms with Crippen molar-refractivity contribution in [1.29, 1.82) is 0 Å². The molecule has 3 nitrogen and oxygen atoms in total. The molecule has 0 radical (unpaired) electrons. The van der Waals surface area contributed by atoms with Gasteiger partial charge in [-0.3, -0.25) is 4.79 Å². The Hall–Kier alpha value is -0.410. The second-order valence-electron chi connectivity index (χ2n) is 6.69. The van der Waals surface area contributed by atoms with Crippen LogP contribution >= 0.6 is 0 Å².